The molecule has 0 radical (unpaired) electrons. The molecular weight excluding hydrogens is 500 g/mol. The first-order valence-corrected chi connectivity index (χ1v) is 12.1. The maximum atomic E-state index is 15.5. The molecule has 12 heteroatoms. The third-order valence-electron chi connectivity index (χ3n) is 5.74. The molecule has 3 heterocycles. The zero-order chi connectivity index (χ0) is 25.9. The number of carbonyl (C=O) groups is 1. The lowest BCUT2D eigenvalue weighted by Gasteiger charge is -2.22. The highest BCUT2D eigenvalue weighted by Crippen LogP contribution is 2.33. The van der Waals surface area contributed by atoms with Crippen LogP contribution in [-0.2, 0) is 10.9 Å². The van der Waals surface area contributed by atoms with E-state index < -0.39 is 29.8 Å². The van der Waals surface area contributed by atoms with E-state index in [0.717, 1.165) is 30.1 Å². The van der Waals surface area contributed by atoms with Crippen molar-refractivity contribution in [3.05, 3.63) is 58.4 Å². The summed E-state index contributed by atoms with van der Waals surface area (Å²) in [7, 11) is 0. The van der Waals surface area contributed by atoms with Gasteiger partial charge < -0.3 is 14.8 Å². The number of thiazole rings is 1. The van der Waals surface area contributed by atoms with E-state index in [1.54, 1.807) is 13.1 Å². The van der Waals surface area contributed by atoms with Crippen molar-refractivity contribution >= 4 is 17.2 Å². The summed E-state index contributed by atoms with van der Waals surface area (Å²) in [6.07, 6.45) is 0.591. The zero-order valence-corrected chi connectivity index (χ0v) is 20.4. The molecule has 192 valence electrons. The Labute approximate surface area is 208 Å². The number of hydrogen-bond acceptors (Lipinski definition) is 7. The number of aryl methyl sites for hydroxylation is 1. The van der Waals surface area contributed by atoms with E-state index in [4.69, 9.17) is 9.47 Å². The van der Waals surface area contributed by atoms with Crippen LogP contribution in [0.25, 0.3) is 10.6 Å². The smallest absolute Gasteiger partial charge is 0.451 e. The maximum absolute atomic E-state index is 15.5. The molecule has 1 aliphatic rings. The van der Waals surface area contributed by atoms with Crippen molar-refractivity contribution in [2.45, 2.75) is 38.9 Å². The molecule has 3 aromatic rings. The van der Waals surface area contributed by atoms with Gasteiger partial charge in [-0.3, -0.25) is 4.79 Å². The van der Waals surface area contributed by atoms with E-state index in [1.165, 1.54) is 23.5 Å². The summed E-state index contributed by atoms with van der Waals surface area (Å²) in [5.74, 6) is -2.21. The second kappa shape index (κ2) is 10.9. The summed E-state index contributed by atoms with van der Waals surface area (Å²) >= 11 is 1.28. The lowest BCUT2D eigenvalue weighted by molar-refractivity contribution is -0.145. The van der Waals surface area contributed by atoms with Gasteiger partial charge in [-0.05, 0) is 44.7 Å². The minimum absolute atomic E-state index is 0.133. The second-order valence-electron chi connectivity index (χ2n) is 8.51. The van der Waals surface area contributed by atoms with Crippen LogP contribution in [0.2, 0.25) is 0 Å². The van der Waals surface area contributed by atoms with Crippen molar-refractivity contribution in [2.24, 2.45) is 5.92 Å². The lowest BCUT2D eigenvalue weighted by atomic mass is 10.0. The number of amides is 1. The van der Waals surface area contributed by atoms with Gasteiger partial charge in [-0.2, -0.15) is 13.2 Å². The summed E-state index contributed by atoms with van der Waals surface area (Å²) in [6, 6.07) is 2.07. The fourth-order valence-corrected chi connectivity index (χ4v) is 4.45. The van der Waals surface area contributed by atoms with Gasteiger partial charge in [0.15, 0.2) is 0 Å². The minimum atomic E-state index is -4.68. The molecule has 36 heavy (non-hydrogen) atoms. The summed E-state index contributed by atoms with van der Waals surface area (Å²) in [6.45, 7) is 5.08. The predicted octanol–water partition coefficient (Wildman–Crippen LogP) is 5.36. The number of carbonyl (C=O) groups excluding carboxylic acids is 1. The van der Waals surface area contributed by atoms with E-state index >= 15 is 4.39 Å². The molecule has 1 aliphatic heterocycles. The van der Waals surface area contributed by atoms with Crippen molar-refractivity contribution in [1.29, 1.82) is 0 Å². The Bertz CT molecular complexity index is 1210. The maximum Gasteiger partial charge on any atom is 0.451 e. The van der Waals surface area contributed by atoms with Crippen LogP contribution in [0, 0.1) is 18.7 Å². The summed E-state index contributed by atoms with van der Waals surface area (Å²) in [5, 5.41) is 3.00. The summed E-state index contributed by atoms with van der Waals surface area (Å²) < 4.78 is 65.0. The van der Waals surface area contributed by atoms with E-state index in [9.17, 15) is 18.0 Å². The van der Waals surface area contributed by atoms with Crippen LogP contribution in [0.1, 0.15) is 52.4 Å². The molecule has 0 saturated carbocycles. The number of halogens is 4. The highest BCUT2D eigenvalue weighted by Gasteiger charge is 2.34. The zero-order valence-electron chi connectivity index (χ0n) is 19.6. The third kappa shape index (κ3) is 6.16. The second-order valence-corrected chi connectivity index (χ2v) is 9.74. The van der Waals surface area contributed by atoms with Crippen molar-refractivity contribution in [3.8, 4) is 16.3 Å². The van der Waals surface area contributed by atoms with Gasteiger partial charge in [-0.1, -0.05) is 0 Å². The summed E-state index contributed by atoms with van der Waals surface area (Å²) in [4.78, 5) is 24.8. The lowest BCUT2D eigenvalue weighted by Crippen LogP contribution is -2.28. The van der Waals surface area contributed by atoms with Crippen molar-refractivity contribution in [2.75, 3.05) is 19.8 Å². The van der Waals surface area contributed by atoms with Crippen LogP contribution in [0.5, 0.6) is 5.75 Å². The van der Waals surface area contributed by atoms with Crippen LogP contribution in [0.3, 0.4) is 0 Å². The fraction of sp³-hybridized carbons (Fsp3) is 0.417. The van der Waals surface area contributed by atoms with Gasteiger partial charge >= 0.3 is 6.18 Å². The van der Waals surface area contributed by atoms with Gasteiger partial charge in [-0.25, -0.2) is 19.3 Å². The van der Waals surface area contributed by atoms with Crippen molar-refractivity contribution in [3.63, 3.8) is 0 Å². The monoisotopic (exact) mass is 524 g/mol. The number of nitrogens with zero attached hydrogens (tertiary/aromatic N) is 3. The van der Waals surface area contributed by atoms with Gasteiger partial charge in [0.2, 0.25) is 5.82 Å². The number of ether oxygens (including phenoxy) is 2. The van der Waals surface area contributed by atoms with Gasteiger partial charge in [-0.15, -0.1) is 11.3 Å². The molecular formula is C24H24F4N4O3S. The summed E-state index contributed by atoms with van der Waals surface area (Å²) in [5.41, 5.74) is 0.106. The van der Waals surface area contributed by atoms with E-state index in [2.05, 4.69) is 20.3 Å². The van der Waals surface area contributed by atoms with E-state index in [1.807, 2.05) is 6.92 Å². The highest BCUT2D eigenvalue weighted by atomic mass is 32.1. The molecule has 4 rings (SSSR count). The Hall–Kier alpha value is -3.12. The Morgan fingerprint density at radius 1 is 1.19 bits per heavy atom. The first-order valence-electron chi connectivity index (χ1n) is 11.3. The Morgan fingerprint density at radius 3 is 2.50 bits per heavy atom. The quantitative estimate of drug-likeness (QED) is 0.419. The van der Waals surface area contributed by atoms with Crippen molar-refractivity contribution in [1.82, 2.24) is 20.3 Å². The molecule has 0 bridgehead atoms. The normalized spacial score (nSPS) is 15.5. The average Bonchev–Trinajstić information content (AvgIpc) is 3.29. The SMILES string of the molecule is Cc1cnc(-c2cc(OCC3CCOCC3)cc(C(=O)NC(C)c3cnc(C(F)(F)F)nc3)c2F)s1. The molecule has 0 spiro atoms. The van der Waals surface area contributed by atoms with Crippen LogP contribution >= 0.6 is 11.3 Å². The number of rotatable bonds is 7. The molecule has 1 saturated heterocycles. The number of nitrogens with one attached hydrogen (secondary N) is 1. The van der Waals surface area contributed by atoms with Gasteiger partial charge in [0, 0.05) is 42.2 Å². The van der Waals surface area contributed by atoms with Crippen LogP contribution in [-0.4, -0.2) is 40.7 Å². The molecule has 1 unspecified atom stereocenters. The number of benzene rings is 1. The third-order valence-corrected chi connectivity index (χ3v) is 6.69. The molecule has 1 fully saturated rings. The van der Waals surface area contributed by atoms with Crippen LogP contribution in [0.15, 0.2) is 30.7 Å². The molecule has 1 N–H and O–H groups in total. The Kier molecular flexibility index (Phi) is 7.84. The largest absolute Gasteiger partial charge is 0.493 e. The Balaban J connectivity index is 1.57. The van der Waals surface area contributed by atoms with Gasteiger partial charge in [0.05, 0.1) is 23.8 Å². The average molecular weight is 525 g/mol. The molecule has 0 aliphatic carbocycles. The number of aromatic nitrogens is 3. The molecule has 7 nitrogen and oxygen atoms in total. The first kappa shape index (κ1) is 26.0. The van der Waals surface area contributed by atoms with Gasteiger partial charge in [0.25, 0.3) is 5.91 Å². The number of hydrogen-bond donors (Lipinski definition) is 1. The highest BCUT2D eigenvalue weighted by molar-refractivity contribution is 7.14. The minimum Gasteiger partial charge on any atom is -0.493 e. The molecule has 1 aromatic carbocycles. The first-order chi connectivity index (χ1) is 17.1. The molecule has 1 amide bonds. The van der Waals surface area contributed by atoms with Gasteiger partial charge in [0.1, 0.15) is 16.6 Å². The fourth-order valence-electron chi connectivity index (χ4n) is 3.67. The molecule has 2 aromatic heterocycles. The predicted molar refractivity (Wildman–Crippen MR) is 124 cm³/mol. The standard InChI is InChI=1S/C24H24F4N4O3S/c1-13-9-29-22(36-13)19-8-17(35-12-15-3-5-34-6-4-15)7-18(20(19)25)21(33)32-14(2)16-10-30-23(31-11-16)24(26,27)28/h7-11,14-15H,3-6,12H2,1-2H3,(H,32,33). The number of alkyl halides is 3. The molecule has 1 atom stereocenters. The topological polar surface area (TPSA) is 86.2 Å². The van der Waals surface area contributed by atoms with Crippen LogP contribution < -0.4 is 10.1 Å². The van der Waals surface area contributed by atoms with Crippen molar-refractivity contribution < 1.29 is 31.8 Å². The van der Waals surface area contributed by atoms with E-state index in [0.29, 0.717) is 30.6 Å². The van der Waals surface area contributed by atoms with Crippen LogP contribution in [0.4, 0.5) is 17.6 Å². The Morgan fingerprint density at radius 2 is 1.89 bits per heavy atom. The van der Waals surface area contributed by atoms with E-state index in [-0.39, 0.29) is 22.6 Å².